The van der Waals surface area contributed by atoms with Crippen molar-refractivity contribution in [2.45, 2.75) is 26.8 Å². The fourth-order valence-corrected chi connectivity index (χ4v) is 1.87. The molecule has 1 aromatic rings. The van der Waals surface area contributed by atoms with E-state index in [1.165, 1.54) is 16.8 Å². The first kappa shape index (κ1) is 9.31. The second-order valence-electron chi connectivity index (χ2n) is 4.35. The number of rotatable bonds is 2. The molecule has 0 saturated heterocycles. The Morgan fingerprint density at radius 2 is 2.29 bits per heavy atom. The smallest absolute Gasteiger partial charge is 0.0698 e. The lowest BCUT2D eigenvalue weighted by molar-refractivity contribution is 0.339. The number of fused-ring (bicyclic) bond motifs is 1. The van der Waals surface area contributed by atoms with Crippen LogP contribution in [0.2, 0.25) is 0 Å². The Balaban J connectivity index is 2.30. The van der Waals surface area contributed by atoms with Gasteiger partial charge in [-0.1, -0.05) is 13.8 Å². The first-order valence-corrected chi connectivity index (χ1v) is 5.11. The van der Waals surface area contributed by atoms with Crippen LogP contribution >= 0.6 is 0 Å². The molecule has 1 N–H and O–H groups in total. The highest BCUT2D eigenvalue weighted by Gasteiger charge is 2.18. The molecule has 76 valence electrons. The van der Waals surface area contributed by atoms with E-state index < -0.39 is 0 Å². The first-order chi connectivity index (χ1) is 6.66. The van der Waals surface area contributed by atoms with Crippen LogP contribution in [0.15, 0.2) is 17.5 Å². The Hall–Kier alpha value is -1.25. The van der Waals surface area contributed by atoms with Gasteiger partial charge in [0, 0.05) is 25.0 Å². The molecule has 0 bridgehead atoms. The molecule has 0 amide bonds. The fourth-order valence-electron chi connectivity index (χ4n) is 1.87. The summed E-state index contributed by atoms with van der Waals surface area (Å²) in [5.41, 5.74) is 3.87. The lowest BCUT2D eigenvalue weighted by Crippen LogP contribution is -2.22. The molecule has 3 heteroatoms. The zero-order valence-electron chi connectivity index (χ0n) is 9.04. The van der Waals surface area contributed by atoms with Crippen molar-refractivity contribution in [3.05, 3.63) is 23.5 Å². The van der Waals surface area contributed by atoms with Crippen LogP contribution < -0.4 is 0 Å². The van der Waals surface area contributed by atoms with Gasteiger partial charge >= 0.3 is 0 Å². The van der Waals surface area contributed by atoms with Crippen molar-refractivity contribution in [3.63, 3.8) is 0 Å². The summed E-state index contributed by atoms with van der Waals surface area (Å²) in [5, 5.41) is 6.57. The maximum Gasteiger partial charge on any atom is 0.0698 e. The second-order valence-corrected chi connectivity index (χ2v) is 4.35. The number of nitrogens with one attached hydrogen (secondary N) is 1. The third-order valence-corrected chi connectivity index (χ3v) is 2.43. The minimum Gasteiger partial charge on any atom is -0.367 e. The highest BCUT2D eigenvalue weighted by molar-refractivity contribution is 6.02. The number of hydrogen-bond acceptors (Lipinski definition) is 2. The molecule has 1 aliphatic heterocycles. The highest BCUT2D eigenvalue weighted by atomic mass is 15.4. The Morgan fingerprint density at radius 3 is 3.00 bits per heavy atom. The lowest BCUT2D eigenvalue weighted by atomic mass is 9.99. The van der Waals surface area contributed by atoms with Gasteiger partial charge in [0.25, 0.3) is 0 Å². The van der Waals surface area contributed by atoms with E-state index in [4.69, 9.17) is 0 Å². The van der Waals surface area contributed by atoms with E-state index in [1.54, 1.807) is 0 Å². The van der Waals surface area contributed by atoms with E-state index in [-0.39, 0.29) is 0 Å². The summed E-state index contributed by atoms with van der Waals surface area (Å²) in [4.78, 5) is 3.16. The monoisotopic (exact) mass is 191 g/mol. The van der Waals surface area contributed by atoms with Gasteiger partial charge in [0.2, 0.25) is 0 Å². The van der Waals surface area contributed by atoms with E-state index in [9.17, 15) is 0 Å². The average molecular weight is 191 g/mol. The molecule has 0 aromatic carbocycles. The van der Waals surface area contributed by atoms with E-state index in [0.717, 1.165) is 13.0 Å². The van der Waals surface area contributed by atoms with E-state index >= 15 is 0 Å². The van der Waals surface area contributed by atoms with Crippen molar-refractivity contribution in [1.29, 1.82) is 0 Å². The van der Waals surface area contributed by atoms with E-state index in [0.29, 0.717) is 5.92 Å². The summed E-state index contributed by atoms with van der Waals surface area (Å²) >= 11 is 0. The standard InChI is InChI=1S/C11H17N3/c1-8(2)4-11-10-6-12-5-9(10)7-14(3)13-11/h5-6,8,12H,4,7H2,1-3H3. The SMILES string of the molecule is CC(C)CC1=NN(C)Cc2c[nH]cc21. The number of H-pyrrole nitrogens is 1. The molecule has 2 heterocycles. The van der Waals surface area contributed by atoms with Gasteiger partial charge < -0.3 is 4.98 Å². The fraction of sp³-hybridized carbons (Fsp3) is 0.545. The topological polar surface area (TPSA) is 31.4 Å². The summed E-state index contributed by atoms with van der Waals surface area (Å²) in [6, 6.07) is 0. The normalized spacial score (nSPS) is 15.7. The van der Waals surface area contributed by atoms with Gasteiger partial charge in [0.05, 0.1) is 12.3 Å². The molecule has 1 aliphatic rings. The van der Waals surface area contributed by atoms with Gasteiger partial charge in [-0.15, -0.1) is 0 Å². The summed E-state index contributed by atoms with van der Waals surface area (Å²) in [6.45, 7) is 5.37. The van der Waals surface area contributed by atoms with Crippen LogP contribution in [-0.2, 0) is 6.54 Å². The first-order valence-electron chi connectivity index (χ1n) is 5.11. The van der Waals surface area contributed by atoms with Crippen LogP contribution in [0.5, 0.6) is 0 Å². The quantitative estimate of drug-likeness (QED) is 0.763. The zero-order chi connectivity index (χ0) is 10.1. The highest BCUT2D eigenvalue weighted by Crippen LogP contribution is 2.21. The van der Waals surface area contributed by atoms with Crippen LogP contribution in [0.1, 0.15) is 31.4 Å². The molecule has 3 nitrogen and oxygen atoms in total. The maximum atomic E-state index is 4.57. The minimum atomic E-state index is 0.656. The second kappa shape index (κ2) is 3.48. The molecule has 0 radical (unpaired) electrons. The number of nitrogens with zero attached hydrogens (tertiary/aromatic N) is 2. The van der Waals surface area contributed by atoms with Crippen LogP contribution in [0, 0.1) is 5.92 Å². The molecule has 0 spiro atoms. The Kier molecular flexibility index (Phi) is 2.32. The molecule has 0 fully saturated rings. The summed E-state index contributed by atoms with van der Waals surface area (Å²) in [7, 11) is 2.02. The minimum absolute atomic E-state index is 0.656. The number of aromatic nitrogens is 1. The molecule has 0 unspecified atom stereocenters. The van der Waals surface area contributed by atoms with Crippen LogP contribution in [0.3, 0.4) is 0 Å². The molecule has 1 aromatic heterocycles. The zero-order valence-corrected chi connectivity index (χ0v) is 9.04. The number of aromatic amines is 1. The summed E-state index contributed by atoms with van der Waals surface area (Å²) in [6.07, 6.45) is 5.18. The van der Waals surface area contributed by atoms with Crippen LogP contribution in [0.4, 0.5) is 0 Å². The van der Waals surface area contributed by atoms with Crippen molar-refractivity contribution < 1.29 is 0 Å². The maximum absolute atomic E-state index is 4.57. The Morgan fingerprint density at radius 1 is 1.50 bits per heavy atom. The van der Waals surface area contributed by atoms with E-state index in [1.807, 2.05) is 12.1 Å². The molecule has 14 heavy (non-hydrogen) atoms. The lowest BCUT2D eigenvalue weighted by Gasteiger charge is -2.22. The van der Waals surface area contributed by atoms with Gasteiger partial charge in [-0.05, 0) is 17.9 Å². The van der Waals surface area contributed by atoms with Crippen molar-refractivity contribution in [2.75, 3.05) is 7.05 Å². The van der Waals surface area contributed by atoms with Gasteiger partial charge in [-0.3, -0.25) is 5.01 Å². The van der Waals surface area contributed by atoms with Gasteiger partial charge in [-0.2, -0.15) is 5.10 Å². The molecular formula is C11H17N3. The third kappa shape index (κ3) is 1.67. The predicted octanol–water partition coefficient (Wildman–Crippen LogP) is 2.21. The van der Waals surface area contributed by atoms with Crippen molar-refractivity contribution in [1.82, 2.24) is 9.99 Å². The van der Waals surface area contributed by atoms with Gasteiger partial charge in [-0.25, -0.2) is 0 Å². The summed E-state index contributed by atoms with van der Waals surface area (Å²) < 4.78 is 0. The molecule has 0 saturated carbocycles. The average Bonchev–Trinajstić information content (AvgIpc) is 2.50. The molecular weight excluding hydrogens is 174 g/mol. The Bertz CT molecular complexity index is 349. The van der Waals surface area contributed by atoms with Crippen molar-refractivity contribution in [3.8, 4) is 0 Å². The van der Waals surface area contributed by atoms with E-state index in [2.05, 4.69) is 36.3 Å². The van der Waals surface area contributed by atoms with Gasteiger partial charge in [0.1, 0.15) is 0 Å². The van der Waals surface area contributed by atoms with Gasteiger partial charge in [0.15, 0.2) is 0 Å². The number of hydrazone groups is 1. The molecule has 2 rings (SSSR count). The summed E-state index contributed by atoms with van der Waals surface area (Å²) in [5.74, 6) is 0.656. The third-order valence-electron chi connectivity index (χ3n) is 2.43. The van der Waals surface area contributed by atoms with Crippen LogP contribution in [0.25, 0.3) is 0 Å². The molecule has 0 aliphatic carbocycles. The number of hydrogen-bond donors (Lipinski definition) is 1. The van der Waals surface area contributed by atoms with Crippen LogP contribution in [-0.4, -0.2) is 22.8 Å². The Labute approximate surface area is 84.8 Å². The predicted molar refractivity (Wildman–Crippen MR) is 58.3 cm³/mol. The molecule has 0 atom stereocenters. The van der Waals surface area contributed by atoms with Crippen molar-refractivity contribution >= 4 is 5.71 Å². The van der Waals surface area contributed by atoms with Crippen molar-refractivity contribution in [2.24, 2.45) is 11.0 Å². The largest absolute Gasteiger partial charge is 0.367 e.